The van der Waals surface area contributed by atoms with Crippen LogP contribution >= 0.6 is 0 Å². The summed E-state index contributed by atoms with van der Waals surface area (Å²) >= 11 is 0. The van der Waals surface area contributed by atoms with E-state index in [9.17, 15) is 9.50 Å². The molecule has 0 radical (unpaired) electrons. The number of nitrogens with zero attached hydrogens (tertiary/aromatic N) is 1. The first-order chi connectivity index (χ1) is 10.2. The second-order valence-corrected chi connectivity index (χ2v) is 6.23. The molecule has 0 saturated carbocycles. The van der Waals surface area contributed by atoms with Crippen molar-refractivity contribution in [3.63, 3.8) is 0 Å². The number of likely N-dealkylation sites (tertiary alicyclic amines) is 1. The van der Waals surface area contributed by atoms with Gasteiger partial charge in [0.05, 0.1) is 12.2 Å². The average molecular weight is 293 g/mol. The normalized spacial score (nSPS) is 28.1. The van der Waals surface area contributed by atoms with Crippen LogP contribution in [0.25, 0.3) is 0 Å². The van der Waals surface area contributed by atoms with Crippen molar-refractivity contribution in [1.29, 1.82) is 0 Å². The fourth-order valence-electron chi connectivity index (χ4n) is 3.53. The van der Waals surface area contributed by atoms with E-state index >= 15 is 0 Å². The fraction of sp³-hybridized carbons (Fsp3) is 0.647. The zero-order valence-electron chi connectivity index (χ0n) is 12.4. The van der Waals surface area contributed by atoms with Crippen LogP contribution in [0.1, 0.15) is 43.8 Å². The Balaban J connectivity index is 1.56. The maximum absolute atomic E-state index is 12.9. The Morgan fingerprint density at radius 1 is 1.24 bits per heavy atom. The highest BCUT2D eigenvalue weighted by atomic mass is 19.1. The first-order valence-electron chi connectivity index (χ1n) is 8.01. The summed E-state index contributed by atoms with van der Waals surface area (Å²) < 4.78 is 18.7. The Morgan fingerprint density at radius 3 is 2.76 bits per heavy atom. The van der Waals surface area contributed by atoms with Crippen molar-refractivity contribution in [3.05, 3.63) is 35.6 Å². The SMILES string of the molecule is OC(CC1CCCN1CC1CCCO1)c1ccc(F)cc1. The third-order valence-electron chi connectivity index (χ3n) is 4.71. The maximum atomic E-state index is 12.9. The molecular weight excluding hydrogens is 269 g/mol. The van der Waals surface area contributed by atoms with Crippen molar-refractivity contribution in [2.75, 3.05) is 19.7 Å². The van der Waals surface area contributed by atoms with Crippen LogP contribution < -0.4 is 0 Å². The Kier molecular flexibility index (Phi) is 4.88. The quantitative estimate of drug-likeness (QED) is 0.906. The van der Waals surface area contributed by atoms with E-state index in [1.54, 1.807) is 12.1 Å². The van der Waals surface area contributed by atoms with E-state index in [0.29, 0.717) is 12.1 Å². The number of aliphatic hydroxyl groups excluding tert-OH is 1. The second kappa shape index (κ2) is 6.86. The zero-order valence-corrected chi connectivity index (χ0v) is 12.4. The van der Waals surface area contributed by atoms with Gasteiger partial charge >= 0.3 is 0 Å². The third kappa shape index (κ3) is 3.82. The lowest BCUT2D eigenvalue weighted by Crippen LogP contribution is -2.36. The van der Waals surface area contributed by atoms with Gasteiger partial charge in [0.2, 0.25) is 0 Å². The Labute approximate surface area is 125 Å². The zero-order chi connectivity index (χ0) is 14.7. The van der Waals surface area contributed by atoms with E-state index in [0.717, 1.165) is 44.5 Å². The van der Waals surface area contributed by atoms with Gasteiger partial charge in [-0.3, -0.25) is 4.90 Å². The summed E-state index contributed by atoms with van der Waals surface area (Å²) in [4.78, 5) is 2.46. The molecule has 3 atom stereocenters. The first-order valence-corrected chi connectivity index (χ1v) is 8.01. The number of hydrogen-bond acceptors (Lipinski definition) is 3. The van der Waals surface area contributed by atoms with Crippen LogP contribution in [0, 0.1) is 5.82 Å². The van der Waals surface area contributed by atoms with E-state index < -0.39 is 6.10 Å². The number of rotatable bonds is 5. The van der Waals surface area contributed by atoms with Gasteiger partial charge in [0.25, 0.3) is 0 Å². The van der Waals surface area contributed by atoms with Gasteiger partial charge in [0, 0.05) is 19.2 Å². The average Bonchev–Trinajstić information content (AvgIpc) is 3.13. The van der Waals surface area contributed by atoms with Gasteiger partial charge in [0.15, 0.2) is 0 Å². The molecule has 0 bridgehead atoms. The molecule has 0 spiro atoms. The monoisotopic (exact) mass is 293 g/mol. The highest BCUT2D eigenvalue weighted by molar-refractivity contribution is 5.18. The molecule has 2 fully saturated rings. The summed E-state index contributed by atoms with van der Waals surface area (Å²) in [6.07, 6.45) is 5.22. The molecule has 116 valence electrons. The standard InChI is InChI=1S/C17H24FNO2/c18-14-7-5-13(6-8-14)17(20)11-15-3-1-9-19(15)12-16-4-2-10-21-16/h5-8,15-17,20H,1-4,9-12H2. The van der Waals surface area contributed by atoms with Crippen LogP contribution in [-0.2, 0) is 4.74 Å². The molecule has 0 aliphatic carbocycles. The molecule has 1 aromatic carbocycles. The van der Waals surface area contributed by atoms with Crippen LogP contribution in [0.2, 0.25) is 0 Å². The molecule has 2 saturated heterocycles. The van der Waals surface area contributed by atoms with Crippen molar-refractivity contribution in [2.24, 2.45) is 0 Å². The van der Waals surface area contributed by atoms with E-state index in [1.807, 2.05) is 0 Å². The minimum absolute atomic E-state index is 0.258. The van der Waals surface area contributed by atoms with Crippen molar-refractivity contribution >= 4 is 0 Å². The molecule has 2 heterocycles. The van der Waals surface area contributed by atoms with Crippen LogP contribution in [-0.4, -0.2) is 41.8 Å². The summed E-state index contributed by atoms with van der Waals surface area (Å²) in [6.45, 7) is 2.98. The topological polar surface area (TPSA) is 32.7 Å². The van der Waals surface area contributed by atoms with E-state index in [-0.39, 0.29) is 5.82 Å². The highest BCUT2D eigenvalue weighted by Gasteiger charge is 2.30. The molecule has 3 rings (SSSR count). The van der Waals surface area contributed by atoms with Crippen molar-refractivity contribution < 1.29 is 14.2 Å². The van der Waals surface area contributed by atoms with E-state index in [4.69, 9.17) is 4.74 Å². The second-order valence-electron chi connectivity index (χ2n) is 6.23. The smallest absolute Gasteiger partial charge is 0.123 e. The van der Waals surface area contributed by atoms with Gasteiger partial charge in [0.1, 0.15) is 5.82 Å². The molecule has 3 unspecified atom stereocenters. The Hall–Kier alpha value is -0.970. The van der Waals surface area contributed by atoms with Crippen molar-refractivity contribution in [2.45, 2.75) is 50.4 Å². The van der Waals surface area contributed by atoms with Gasteiger partial charge < -0.3 is 9.84 Å². The molecule has 2 aliphatic rings. The van der Waals surface area contributed by atoms with Crippen LogP contribution in [0.4, 0.5) is 4.39 Å². The number of benzene rings is 1. The predicted molar refractivity (Wildman–Crippen MR) is 79.5 cm³/mol. The van der Waals surface area contributed by atoms with Crippen LogP contribution in [0.3, 0.4) is 0 Å². The summed E-state index contributed by atoms with van der Waals surface area (Å²) in [5, 5.41) is 10.4. The molecule has 0 aromatic heterocycles. The van der Waals surface area contributed by atoms with E-state index in [2.05, 4.69) is 4.90 Å². The number of ether oxygens (including phenoxy) is 1. The largest absolute Gasteiger partial charge is 0.388 e. The van der Waals surface area contributed by atoms with Gasteiger partial charge in [-0.1, -0.05) is 12.1 Å². The fourth-order valence-corrected chi connectivity index (χ4v) is 3.53. The molecule has 0 amide bonds. The molecule has 4 heteroatoms. The molecule has 3 nitrogen and oxygen atoms in total. The first kappa shape index (κ1) is 14.9. The lowest BCUT2D eigenvalue weighted by molar-refractivity contribution is 0.0557. The predicted octanol–water partition coefficient (Wildman–Crippen LogP) is 2.89. The Morgan fingerprint density at radius 2 is 2.05 bits per heavy atom. The Bertz CT molecular complexity index is 445. The van der Waals surface area contributed by atoms with Gasteiger partial charge in [-0.2, -0.15) is 0 Å². The highest BCUT2D eigenvalue weighted by Crippen LogP contribution is 2.28. The van der Waals surface area contributed by atoms with Crippen LogP contribution in [0.5, 0.6) is 0 Å². The van der Waals surface area contributed by atoms with Crippen LogP contribution in [0.15, 0.2) is 24.3 Å². The summed E-state index contributed by atoms with van der Waals surface area (Å²) in [7, 11) is 0. The number of aliphatic hydroxyl groups is 1. The molecule has 2 aliphatic heterocycles. The van der Waals surface area contributed by atoms with Gasteiger partial charge in [-0.05, 0) is 56.3 Å². The lowest BCUT2D eigenvalue weighted by Gasteiger charge is -2.28. The minimum atomic E-state index is -0.513. The lowest BCUT2D eigenvalue weighted by atomic mass is 10.00. The third-order valence-corrected chi connectivity index (χ3v) is 4.71. The summed E-state index contributed by atoms with van der Waals surface area (Å²) in [6, 6.07) is 6.60. The van der Waals surface area contributed by atoms with Gasteiger partial charge in [-0.25, -0.2) is 4.39 Å². The number of halogens is 1. The molecule has 1 N–H and O–H groups in total. The molecular formula is C17H24FNO2. The molecule has 1 aromatic rings. The summed E-state index contributed by atoms with van der Waals surface area (Å²) in [5.74, 6) is -0.258. The number of hydrogen-bond donors (Lipinski definition) is 1. The van der Waals surface area contributed by atoms with Gasteiger partial charge in [-0.15, -0.1) is 0 Å². The molecule has 21 heavy (non-hydrogen) atoms. The van der Waals surface area contributed by atoms with E-state index in [1.165, 1.54) is 25.0 Å². The summed E-state index contributed by atoms with van der Waals surface area (Å²) in [5.41, 5.74) is 0.806. The van der Waals surface area contributed by atoms with Crippen molar-refractivity contribution in [1.82, 2.24) is 4.90 Å². The van der Waals surface area contributed by atoms with Crippen molar-refractivity contribution in [3.8, 4) is 0 Å². The minimum Gasteiger partial charge on any atom is -0.388 e. The maximum Gasteiger partial charge on any atom is 0.123 e.